The van der Waals surface area contributed by atoms with Crippen LogP contribution in [-0.4, -0.2) is 38.4 Å². The Bertz CT molecular complexity index is 1440. The van der Waals surface area contributed by atoms with Gasteiger partial charge < -0.3 is 14.8 Å². The topological polar surface area (TPSA) is 108 Å². The number of hydrogen-bond donors (Lipinski definition) is 2. The molecule has 1 unspecified atom stereocenters. The highest BCUT2D eigenvalue weighted by Crippen LogP contribution is 2.42. The van der Waals surface area contributed by atoms with Crippen LogP contribution in [0.25, 0.3) is 16.8 Å². The number of hydrogen-bond acceptors (Lipinski definition) is 6. The number of ketones is 1. The Hall–Kier alpha value is -4.46. The Morgan fingerprint density at radius 1 is 1.12 bits per heavy atom. The number of aliphatic hydroxyl groups excluding tert-OH is 1. The third kappa shape index (κ3) is 3.14. The SMILES string of the molecule is O=C1C(=O)N(c2nc3ccccc3[nH]2)C(c2cccnc2)/C1=C(\O)c1ccc2c(c1)CCCO2. The van der Waals surface area contributed by atoms with Gasteiger partial charge in [0, 0.05) is 18.0 Å². The minimum atomic E-state index is -0.887. The van der Waals surface area contributed by atoms with Crippen LogP contribution in [0.1, 0.15) is 29.2 Å². The molecule has 2 aromatic heterocycles. The maximum absolute atomic E-state index is 13.3. The number of para-hydroxylation sites is 2. The van der Waals surface area contributed by atoms with E-state index in [1.807, 2.05) is 30.3 Å². The number of amides is 1. The summed E-state index contributed by atoms with van der Waals surface area (Å²) < 4.78 is 5.67. The van der Waals surface area contributed by atoms with Crippen molar-refractivity contribution < 1.29 is 19.4 Å². The molecule has 4 heterocycles. The molecule has 2 N–H and O–H groups in total. The van der Waals surface area contributed by atoms with Crippen LogP contribution in [0.5, 0.6) is 5.75 Å². The molecule has 0 saturated carbocycles. The quantitative estimate of drug-likeness (QED) is 0.277. The summed E-state index contributed by atoms with van der Waals surface area (Å²) in [5.74, 6) is -0.778. The van der Waals surface area contributed by atoms with E-state index in [4.69, 9.17) is 4.74 Å². The van der Waals surface area contributed by atoms with Gasteiger partial charge in [0.1, 0.15) is 11.5 Å². The average Bonchev–Trinajstić information content (AvgIpc) is 3.42. The normalized spacial score (nSPS) is 19.3. The molecule has 168 valence electrons. The highest BCUT2D eigenvalue weighted by molar-refractivity contribution is 6.51. The van der Waals surface area contributed by atoms with Crippen LogP contribution >= 0.6 is 0 Å². The Kier molecular flexibility index (Phi) is 4.65. The lowest BCUT2D eigenvalue weighted by Gasteiger charge is -2.23. The third-order valence-electron chi connectivity index (χ3n) is 6.23. The van der Waals surface area contributed by atoms with Gasteiger partial charge in [-0.3, -0.25) is 19.5 Å². The Morgan fingerprint density at radius 3 is 2.82 bits per heavy atom. The summed E-state index contributed by atoms with van der Waals surface area (Å²) in [5.41, 5.74) is 3.40. The second-order valence-corrected chi connectivity index (χ2v) is 8.31. The number of nitrogens with one attached hydrogen (secondary N) is 1. The smallest absolute Gasteiger partial charge is 0.302 e. The minimum Gasteiger partial charge on any atom is -0.507 e. The lowest BCUT2D eigenvalue weighted by Crippen LogP contribution is -2.30. The molecule has 8 heteroatoms. The summed E-state index contributed by atoms with van der Waals surface area (Å²) in [6.07, 6.45) is 4.89. The number of imidazole rings is 1. The van der Waals surface area contributed by atoms with Crippen LogP contribution in [-0.2, 0) is 16.0 Å². The van der Waals surface area contributed by atoms with Crippen LogP contribution in [0.15, 0.2) is 72.6 Å². The Labute approximate surface area is 194 Å². The van der Waals surface area contributed by atoms with Crippen LogP contribution in [0, 0.1) is 0 Å². The molecular formula is C26H20N4O4. The van der Waals surface area contributed by atoms with E-state index in [1.54, 1.807) is 36.7 Å². The number of pyridine rings is 1. The first-order valence-corrected chi connectivity index (χ1v) is 11.0. The fourth-order valence-electron chi connectivity index (χ4n) is 4.62. The molecule has 4 aromatic rings. The number of H-pyrrole nitrogens is 1. The zero-order valence-electron chi connectivity index (χ0n) is 18.1. The molecule has 2 aliphatic heterocycles. The van der Waals surface area contributed by atoms with Crippen LogP contribution in [0.2, 0.25) is 0 Å². The number of aromatic amines is 1. The van der Waals surface area contributed by atoms with Crippen molar-refractivity contribution in [1.29, 1.82) is 0 Å². The van der Waals surface area contributed by atoms with Gasteiger partial charge in [0.05, 0.1) is 29.3 Å². The van der Waals surface area contributed by atoms with Crippen molar-refractivity contribution in [2.75, 3.05) is 11.5 Å². The summed E-state index contributed by atoms with van der Waals surface area (Å²) in [7, 11) is 0. The lowest BCUT2D eigenvalue weighted by atomic mass is 9.95. The number of carbonyl (C=O) groups is 2. The van der Waals surface area contributed by atoms with E-state index in [-0.39, 0.29) is 17.3 Å². The number of aliphatic hydroxyl groups is 1. The van der Waals surface area contributed by atoms with Gasteiger partial charge in [-0.1, -0.05) is 18.2 Å². The first-order chi connectivity index (χ1) is 16.6. The van der Waals surface area contributed by atoms with Crippen molar-refractivity contribution in [3.8, 4) is 5.75 Å². The van der Waals surface area contributed by atoms with Crippen molar-refractivity contribution in [3.05, 3.63) is 89.3 Å². The van der Waals surface area contributed by atoms with E-state index in [0.29, 0.717) is 23.3 Å². The molecule has 34 heavy (non-hydrogen) atoms. The molecule has 1 saturated heterocycles. The molecule has 2 aromatic carbocycles. The van der Waals surface area contributed by atoms with Gasteiger partial charge in [-0.05, 0) is 60.4 Å². The summed E-state index contributed by atoms with van der Waals surface area (Å²) in [5, 5.41) is 11.3. The van der Waals surface area contributed by atoms with Gasteiger partial charge in [-0.15, -0.1) is 0 Å². The van der Waals surface area contributed by atoms with Crippen LogP contribution in [0.4, 0.5) is 5.95 Å². The first kappa shape index (κ1) is 20.2. The van der Waals surface area contributed by atoms with Gasteiger partial charge in [0.2, 0.25) is 5.95 Å². The highest BCUT2D eigenvalue weighted by atomic mass is 16.5. The number of rotatable bonds is 3. The summed E-state index contributed by atoms with van der Waals surface area (Å²) in [6, 6.07) is 15.3. The number of fused-ring (bicyclic) bond motifs is 2. The molecule has 0 bridgehead atoms. The fourth-order valence-corrected chi connectivity index (χ4v) is 4.62. The van der Waals surface area contributed by atoms with Crippen LogP contribution in [0.3, 0.4) is 0 Å². The van der Waals surface area contributed by atoms with Crippen molar-refractivity contribution in [1.82, 2.24) is 15.0 Å². The van der Waals surface area contributed by atoms with E-state index in [9.17, 15) is 14.7 Å². The van der Waals surface area contributed by atoms with E-state index in [0.717, 1.165) is 29.7 Å². The molecule has 8 nitrogen and oxygen atoms in total. The van der Waals surface area contributed by atoms with Crippen LogP contribution < -0.4 is 9.64 Å². The number of carbonyl (C=O) groups excluding carboxylic acids is 2. The molecule has 6 rings (SSSR count). The van der Waals surface area contributed by atoms with E-state index < -0.39 is 17.7 Å². The minimum absolute atomic E-state index is 0.00451. The average molecular weight is 452 g/mol. The predicted octanol–water partition coefficient (Wildman–Crippen LogP) is 3.91. The van der Waals surface area contributed by atoms with Crippen molar-refractivity contribution in [2.24, 2.45) is 0 Å². The third-order valence-corrected chi connectivity index (χ3v) is 6.23. The molecule has 0 aliphatic carbocycles. The maximum atomic E-state index is 13.3. The van der Waals surface area contributed by atoms with Crippen molar-refractivity contribution in [2.45, 2.75) is 18.9 Å². The number of anilines is 1. The fraction of sp³-hybridized carbons (Fsp3) is 0.154. The number of aromatic nitrogens is 3. The van der Waals surface area contributed by atoms with Crippen molar-refractivity contribution in [3.63, 3.8) is 0 Å². The number of aryl methyl sites for hydroxylation is 1. The number of Topliss-reactive ketones (excluding diaryl/α,β-unsaturated/α-hetero) is 1. The summed E-state index contributed by atoms with van der Waals surface area (Å²) >= 11 is 0. The number of benzene rings is 2. The van der Waals surface area contributed by atoms with E-state index >= 15 is 0 Å². The monoisotopic (exact) mass is 452 g/mol. The molecule has 1 amide bonds. The summed E-state index contributed by atoms with van der Waals surface area (Å²) in [6.45, 7) is 0.655. The Morgan fingerprint density at radius 2 is 2.00 bits per heavy atom. The molecule has 0 spiro atoms. The zero-order valence-corrected chi connectivity index (χ0v) is 18.1. The van der Waals surface area contributed by atoms with Gasteiger partial charge in [0.25, 0.3) is 5.78 Å². The lowest BCUT2D eigenvalue weighted by molar-refractivity contribution is -0.132. The van der Waals surface area contributed by atoms with Gasteiger partial charge in [-0.25, -0.2) is 4.98 Å². The largest absolute Gasteiger partial charge is 0.507 e. The van der Waals surface area contributed by atoms with Gasteiger partial charge in [0.15, 0.2) is 0 Å². The molecule has 1 fully saturated rings. The zero-order chi connectivity index (χ0) is 23.2. The second kappa shape index (κ2) is 7.84. The summed E-state index contributed by atoms with van der Waals surface area (Å²) in [4.78, 5) is 39.7. The van der Waals surface area contributed by atoms with E-state index in [1.165, 1.54) is 4.90 Å². The molecule has 2 aliphatic rings. The van der Waals surface area contributed by atoms with Gasteiger partial charge in [-0.2, -0.15) is 0 Å². The highest BCUT2D eigenvalue weighted by Gasteiger charge is 2.48. The van der Waals surface area contributed by atoms with E-state index in [2.05, 4.69) is 15.0 Å². The predicted molar refractivity (Wildman–Crippen MR) is 125 cm³/mol. The maximum Gasteiger partial charge on any atom is 0.302 e. The molecule has 0 radical (unpaired) electrons. The molecule has 1 atom stereocenters. The number of ether oxygens (including phenoxy) is 1. The second-order valence-electron chi connectivity index (χ2n) is 8.31. The Balaban J connectivity index is 1.53. The van der Waals surface area contributed by atoms with Crippen molar-refractivity contribution >= 4 is 34.4 Å². The number of nitrogens with zero attached hydrogens (tertiary/aromatic N) is 3. The van der Waals surface area contributed by atoms with Gasteiger partial charge >= 0.3 is 5.91 Å². The first-order valence-electron chi connectivity index (χ1n) is 11.0. The molecular weight excluding hydrogens is 432 g/mol. The standard InChI is InChI=1S/C26H20N4O4/c31-23(16-9-10-20-15(13-16)6-4-12-34-20)21-22(17-5-3-11-27-14-17)30(25(33)24(21)32)26-28-18-7-1-2-8-19(18)29-26/h1-3,5,7-11,13-14,22,31H,4,6,12H2,(H,28,29)/b23-21+.